The van der Waals surface area contributed by atoms with E-state index in [0.717, 1.165) is 12.8 Å². The third-order valence-corrected chi connectivity index (χ3v) is 3.57. The molecule has 0 aliphatic heterocycles. The van der Waals surface area contributed by atoms with E-state index >= 15 is 0 Å². The van der Waals surface area contributed by atoms with Gasteiger partial charge in [0, 0.05) is 0 Å². The maximum Gasteiger partial charge on any atom is 0.397 e. The summed E-state index contributed by atoms with van der Waals surface area (Å²) >= 11 is 0.539. The first kappa shape index (κ1) is 14.6. The van der Waals surface area contributed by atoms with Gasteiger partial charge in [0.2, 0.25) is 5.91 Å². The third-order valence-electron chi connectivity index (χ3n) is 2.57. The summed E-state index contributed by atoms with van der Waals surface area (Å²) in [7, 11) is 0. The van der Waals surface area contributed by atoms with Crippen molar-refractivity contribution < 1.29 is 23.1 Å². The van der Waals surface area contributed by atoms with Gasteiger partial charge in [-0.05, 0) is 12.8 Å². The molecule has 1 amide bonds. The first-order valence-corrected chi connectivity index (χ1v) is 6.66. The van der Waals surface area contributed by atoms with Crippen molar-refractivity contribution in [2.24, 2.45) is 0 Å². The van der Waals surface area contributed by atoms with E-state index in [0.29, 0.717) is 24.6 Å². The molecule has 1 rings (SSSR count). The van der Waals surface area contributed by atoms with Crippen LogP contribution in [0.2, 0.25) is 0 Å². The molecule has 1 aliphatic carbocycles. The summed E-state index contributed by atoms with van der Waals surface area (Å²) in [6.07, 6.45) is -1.62. The summed E-state index contributed by atoms with van der Waals surface area (Å²) in [6.45, 7) is 0. The molecule has 2 atom stereocenters. The molecule has 0 spiro atoms. The number of halogens is 3. The number of hydrogen-bond donors (Lipinski definition) is 2. The average molecular weight is 271 g/mol. The van der Waals surface area contributed by atoms with Crippen LogP contribution >= 0.6 is 11.8 Å². The van der Waals surface area contributed by atoms with Crippen molar-refractivity contribution in [3.8, 4) is 0 Å². The fraction of sp³-hybridized carbons (Fsp3) is 0.900. The largest absolute Gasteiger partial charge is 0.397 e. The molecule has 3 nitrogen and oxygen atoms in total. The van der Waals surface area contributed by atoms with Crippen molar-refractivity contribution in [2.45, 2.75) is 44.0 Å². The van der Waals surface area contributed by atoms with Crippen molar-refractivity contribution in [1.82, 2.24) is 5.32 Å². The normalized spacial score (nSPS) is 25.6. The van der Waals surface area contributed by atoms with Gasteiger partial charge < -0.3 is 10.4 Å². The summed E-state index contributed by atoms with van der Waals surface area (Å²) in [5.41, 5.74) is 0. The van der Waals surface area contributed by atoms with Gasteiger partial charge in [0.1, 0.15) is 0 Å². The molecule has 0 aromatic carbocycles. The first-order chi connectivity index (χ1) is 7.88. The number of aliphatic hydroxyl groups excluding tert-OH is 1. The molecular weight excluding hydrogens is 255 g/mol. The van der Waals surface area contributed by atoms with Gasteiger partial charge in [0.05, 0.1) is 23.7 Å². The van der Waals surface area contributed by atoms with Gasteiger partial charge in [-0.2, -0.15) is 13.2 Å². The molecule has 2 N–H and O–H groups in total. The Morgan fingerprint density at radius 2 is 2.00 bits per heavy atom. The summed E-state index contributed by atoms with van der Waals surface area (Å²) in [5, 5.41) is 12.1. The number of amides is 1. The van der Waals surface area contributed by atoms with Gasteiger partial charge in [-0.25, -0.2) is 0 Å². The quantitative estimate of drug-likeness (QED) is 0.818. The van der Waals surface area contributed by atoms with Crippen LogP contribution in [0.15, 0.2) is 0 Å². The Hall–Kier alpha value is -0.430. The van der Waals surface area contributed by atoms with E-state index < -0.39 is 23.9 Å². The lowest BCUT2D eigenvalue weighted by molar-refractivity contribution is -0.120. The number of alkyl halides is 3. The molecule has 1 fully saturated rings. The Morgan fingerprint density at radius 1 is 1.35 bits per heavy atom. The highest BCUT2D eigenvalue weighted by Gasteiger charge is 2.28. The summed E-state index contributed by atoms with van der Waals surface area (Å²) in [4.78, 5) is 11.3. The van der Waals surface area contributed by atoms with E-state index in [1.54, 1.807) is 0 Å². The van der Waals surface area contributed by atoms with Crippen molar-refractivity contribution in [1.29, 1.82) is 0 Å². The van der Waals surface area contributed by atoms with Crippen molar-refractivity contribution in [3.63, 3.8) is 0 Å². The Bertz CT molecular complexity index is 260. The second kappa shape index (κ2) is 6.49. The highest BCUT2D eigenvalue weighted by molar-refractivity contribution is 8.00. The average Bonchev–Trinajstić information content (AvgIpc) is 2.19. The van der Waals surface area contributed by atoms with Crippen LogP contribution in [0.1, 0.15) is 25.7 Å². The van der Waals surface area contributed by atoms with Crippen molar-refractivity contribution in [3.05, 3.63) is 0 Å². The molecule has 17 heavy (non-hydrogen) atoms. The standard InChI is InChI=1S/C10H16F3NO2S/c11-10(12,13)6-17-5-9(16)14-7-3-1-2-4-8(7)15/h7-8,15H,1-6H2,(H,14,16). The zero-order chi connectivity index (χ0) is 12.9. The Kier molecular flexibility index (Phi) is 5.58. The minimum atomic E-state index is -4.24. The first-order valence-electron chi connectivity index (χ1n) is 5.50. The van der Waals surface area contributed by atoms with Crippen LogP contribution in [0.4, 0.5) is 13.2 Å². The van der Waals surface area contributed by atoms with Gasteiger partial charge in [0.15, 0.2) is 0 Å². The summed E-state index contributed by atoms with van der Waals surface area (Å²) < 4.78 is 35.5. The number of carbonyl (C=O) groups excluding carboxylic acids is 1. The molecule has 0 saturated heterocycles. The number of thioether (sulfide) groups is 1. The van der Waals surface area contributed by atoms with E-state index in [2.05, 4.69) is 5.32 Å². The van der Waals surface area contributed by atoms with Crippen LogP contribution in [-0.4, -0.2) is 40.8 Å². The highest BCUT2D eigenvalue weighted by atomic mass is 32.2. The molecule has 100 valence electrons. The van der Waals surface area contributed by atoms with Crippen molar-refractivity contribution >= 4 is 17.7 Å². The SMILES string of the molecule is O=C(CSCC(F)(F)F)NC1CCCCC1O. The fourth-order valence-electron chi connectivity index (χ4n) is 1.79. The molecule has 1 saturated carbocycles. The van der Waals surface area contributed by atoms with Gasteiger partial charge in [0.25, 0.3) is 0 Å². The Labute approximate surface area is 102 Å². The summed E-state index contributed by atoms with van der Waals surface area (Å²) in [5.74, 6) is -1.68. The van der Waals surface area contributed by atoms with Crippen LogP contribution in [0.25, 0.3) is 0 Å². The smallest absolute Gasteiger partial charge is 0.391 e. The number of nitrogens with one attached hydrogen (secondary N) is 1. The van der Waals surface area contributed by atoms with E-state index in [4.69, 9.17) is 0 Å². The number of aliphatic hydroxyl groups is 1. The Morgan fingerprint density at radius 3 is 2.59 bits per heavy atom. The second-order valence-electron chi connectivity index (χ2n) is 4.13. The van der Waals surface area contributed by atoms with Crippen LogP contribution < -0.4 is 5.32 Å². The van der Waals surface area contributed by atoms with Crippen LogP contribution in [-0.2, 0) is 4.79 Å². The Balaban J connectivity index is 2.20. The molecule has 0 heterocycles. The maximum absolute atomic E-state index is 11.8. The molecule has 7 heteroatoms. The molecule has 0 radical (unpaired) electrons. The molecule has 0 bridgehead atoms. The molecular formula is C10H16F3NO2S. The minimum Gasteiger partial charge on any atom is -0.391 e. The molecule has 0 aromatic heterocycles. The maximum atomic E-state index is 11.8. The lowest BCUT2D eigenvalue weighted by atomic mass is 9.93. The predicted molar refractivity (Wildman–Crippen MR) is 59.8 cm³/mol. The van der Waals surface area contributed by atoms with E-state index in [-0.39, 0.29) is 11.8 Å². The van der Waals surface area contributed by atoms with Crippen LogP contribution in [0.5, 0.6) is 0 Å². The predicted octanol–water partition coefficient (Wildman–Crippen LogP) is 1.70. The van der Waals surface area contributed by atoms with Crippen molar-refractivity contribution in [2.75, 3.05) is 11.5 Å². The zero-order valence-electron chi connectivity index (χ0n) is 9.29. The number of rotatable bonds is 4. The van der Waals surface area contributed by atoms with Crippen LogP contribution in [0, 0.1) is 0 Å². The van der Waals surface area contributed by atoms with E-state index in [1.807, 2.05) is 0 Å². The lowest BCUT2D eigenvalue weighted by Gasteiger charge is -2.28. The molecule has 1 aliphatic rings. The van der Waals surface area contributed by atoms with Gasteiger partial charge in [-0.15, -0.1) is 11.8 Å². The summed E-state index contributed by atoms with van der Waals surface area (Å²) in [6, 6.07) is -0.303. The van der Waals surface area contributed by atoms with E-state index in [9.17, 15) is 23.1 Å². The van der Waals surface area contributed by atoms with Gasteiger partial charge in [-0.3, -0.25) is 4.79 Å². The fourth-order valence-corrected chi connectivity index (χ4v) is 2.39. The zero-order valence-corrected chi connectivity index (χ0v) is 10.1. The lowest BCUT2D eigenvalue weighted by Crippen LogP contribution is -2.45. The number of hydrogen-bond acceptors (Lipinski definition) is 3. The minimum absolute atomic E-state index is 0.220. The van der Waals surface area contributed by atoms with Gasteiger partial charge in [-0.1, -0.05) is 12.8 Å². The third kappa shape index (κ3) is 6.16. The number of carbonyl (C=O) groups is 1. The van der Waals surface area contributed by atoms with Crippen LogP contribution in [0.3, 0.4) is 0 Å². The molecule has 0 aromatic rings. The van der Waals surface area contributed by atoms with E-state index in [1.165, 1.54) is 0 Å². The second-order valence-corrected chi connectivity index (χ2v) is 5.12. The van der Waals surface area contributed by atoms with Gasteiger partial charge >= 0.3 is 6.18 Å². The monoisotopic (exact) mass is 271 g/mol. The highest BCUT2D eigenvalue weighted by Crippen LogP contribution is 2.21. The molecule has 2 unspecified atom stereocenters. The topological polar surface area (TPSA) is 49.3 Å².